The molecule has 0 saturated heterocycles. The number of aryl methyl sites for hydroxylation is 1. The van der Waals surface area contributed by atoms with Crippen LogP contribution in [-0.4, -0.2) is 37.5 Å². The van der Waals surface area contributed by atoms with E-state index < -0.39 is 5.97 Å². The molecule has 1 aliphatic rings. The first-order chi connectivity index (χ1) is 15.9. The highest BCUT2D eigenvalue weighted by atomic mass is 32.1. The number of nitrogens with one attached hydrogen (secondary N) is 1. The second-order valence-corrected chi connectivity index (χ2v) is 8.75. The number of hydrogen-bond acceptors (Lipinski definition) is 6. The number of hydrogen-bond donors (Lipinski definition) is 1. The summed E-state index contributed by atoms with van der Waals surface area (Å²) in [6.45, 7) is 6.09. The van der Waals surface area contributed by atoms with Crippen molar-refractivity contribution in [1.82, 2.24) is 0 Å². The van der Waals surface area contributed by atoms with Crippen LogP contribution in [0.4, 0.5) is 10.7 Å². The molecule has 2 heterocycles. The number of carbonyl (C=O) groups excluding carboxylic acids is 3. The van der Waals surface area contributed by atoms with E-state index in [-0.39, 0.29) is 31.4 Å². The van der Waals surface area contributed by atoms with Gasteiger partial charge in [-0.3, -0.25) is 9.59 Å². The van der Waals surface area contributed by atoms with Crippen molar-refractivity contribution in [2.75, 3.05) is 30.0 Å². The van der Waals surface area contributed by atoms with E-state index in [4.69, 9.17) is 9.47 Å². The summed E-state index contributed by atoms with van der Waals surface area (Å²) in [6, 6.07) is 11.5. The molecule has 0 unspecified atom stereocenters. The number of benzene rings is 2. The molecule has 2 amide bonds. The van der Waals surface area contributed by atoms with Crippen molar-refractivity contribution in [3.8, 4) is 5.75 Å². The molecule has 172 valence electrons. The smallest absolute Gasteiger partial charge is 0.341 e. The van der Waals surface area contributed by atoms with Crippen molar-refractivity contribution >= 4 is 49.9 Å². The number of thiophene rings is 1. The first kappa shape index (κ1) is 22.8. The number of nitrogens with zero attached hydrogens (tertiary/aromatic N) is 1. The van der Waals surface area contributed by atoms with Crippen molar-refractivity contribution in [3.63, 3.8) is 0 Å². The Morgan fingerprint density at radius 1 is 1.12 bits per heavy atom. The zero-order valence-corrected chi connectivity index (χ0v) is 19.7. The number of esters is 1. The topological polar surface area (TPSA) is 84.9 Å². The molecule has 0 spiro atoms. The van der Waals surface area contributed by atoms with Crippen LogP contribution in [0.3, 0.4) is 0 Å². The number of para-hydroxylation sites is 1. The second kappa shape index (κ2) is 9.62. The van der Waals surface area contributed by atoms with Gasteiger partial charge in [-0.1, -0.05) is 37.3 Å². The summed E-state index contributed by atoms with van der Waals surface area (Å²) in [5.41, 5.74) is 3.22. The second-order valence-electron chi connectivity index (χ2n) is 7.73. The number of amides is 2. The zero-order chi connectivity index (χ0) is 23.5. The predicted octanol–water partition coefficient (Wildman–Crippen LogP) is 4.70. The van der Waals surface area contributed by atoms with Gasteiger partial charge in [-0.2, -0.15) is 0 Å². The van der Waals surface area contributed by atoms with Gasteiger partial charge in [0.1, 0.15) is 16.3 Å². The Morgan fingerprint density at radius 2 is 1.91 bits per heavy atom. The lowest BCUT2D eigenvalue weighted by Crippen LogP contribution is -2.33. The van der Waals surface area contributed by atoms with Gasteiger partial charge in [0.2, 0.25) is 5.91 Å². The minimum Gasteiger partial charge on any atom is -0.482 e. The lowest BCUT2D eigenvalue weighted by atomic mass is 10.1. The third-order valence-corrected chi connectivity index (χ3v) is 6.71. The Balaban J connectivity index is 1.65. The minimum absolute atomic E-state index is 0.127. The van der Waals surface area contributed by atoms with E-state index >= 15 is 0 Å². The van der Waals surface area contributed by atoms with Crippen LogP contribution in [-0.2, 0) is 20.7 Å². The van der Waals surface area contributed by atoms with Crippen molar-refractivity contribution in [1.29, 1.82) is 0 Å². The van der Waals surface area contributed by atoms with Crippen molar-refractivity contribution in [3.05, 3.63) is 53.1 Å². The summed E-state index contributed by atoms with van der Waals surface area (Å²) < 4.78 is 12.0. The highest BCUT2D eigenvalue weighted by Crippen LogP contribution is 2.43. The summed E-state index contributed by atoms with van der Waals surface area (Å²) in [5, 5.41) is 3.86. The van der Waals surface area contributed by atoms with Gasteiger partial charge in [-0.15, -0.1) is 11.3 Å². The van der Waals surface area contributed by atoms with Crippen molar-refractivity contribution in [2.45, 2.75) is 33.6 Å². The SMILES string of the molecule is CCOC(=O)c1c(NC(=O)CC)sc2c(OCC(=O)N3CCc4ccccc43)c(C)ccc12. The highest BCUT2D eigenvalue weighted by Gasteiger charge is 2.27. The van der Waals surface area contributed by atoms with Gasteiger partial charge in [0.25, 0.3) is 5.91 Å². The molecule has 0 bridgehead atoms. The average molecular weight is 467 g/mol. The maximum atomic E-state index is 13.0. The standard InChI is InChI=1S/C25H26N2O5S/c1-4-19(28)26-24-21(25(30)31-5-2)17-11-10-15(3)22(23(17)33-24)32-14-20(29)27-13-12-16-8-6-7-9-18(16)27/h6-11H,4-5,12-14H2,1-3H3,(H,26,28). The molecule has 1 aliphatic heterocycles. The molecule has 2 aromatic carbocycles. The van der Waals surface area contributed by atoms with Crippen molar-refractivity contribution in [2.24, 2.45) is 0 Å². The van der Waals surface area contributed by atoms with Gasteiger partial charge in [0.15, 0.2) is 6.61 Å². The largest absolute Gasteiger partial charge is 0.482 e. The summed E-state index contributed by atoms with van der Waals surface area (Å²) in [7, 11) is 0. The minimum atomic E-state index is -0.505. The predicted molar refractivity (Wildman–Crippen MR) is 129 cm³/mol. The lowest BCUT2D eigenvalue weighted by molar-refractivity contribution is -0.120. The van der Waals surface area contributed by atoms with Crippen LogP contribution < -0.4 is 15.0 Å². The number of anilines is 2. The van der Waals surface area contributed by atoms with E-state index in [1.54, 1.807) is 18.7 Å². The van der Waals surface area contributed by atoms with E-state index in [2.05, 4.69) is 5.32 Å². The Kier molecular flexibility index (Phi) is 6.65. The van der Waals surface area contributed by atoms with E-state index in [9.17, 15) is 14.4 Å². The first-order valence-electron chi connectivity index (χ1n) is 11.0. The molecule has 33 heavy (non-hydrogen) atoms. The number of rotatable bonds is 7. The van der Waals surface area contributed by atoms with Crippen LogP contribution in [0.5, 0.6) is 5.75 Å². The third kappa shape index (κ3) is 4.43. The molecule has 0 fully saturated rings. The van der Waals surface area contributed by atoms with Crippen LogP contribution in [0, 0.1) is 6.92 Å². The highest BCUT2D eigenvalue weighted by molar-refractivity contribution is 7.24. The molecule has 0 aliphatic carbocycles. The molecular weight excluding hydrogens is 440 g/mol. The summed E-state index contributed by atoms with van der Waals surface area (Å²) in [5.74, 6) is -0.303. The van der Waals surface area contributed by atoms with Gasteiger partial charge in [0.05, 0.1) is 11.3 Å². The van der Waals surface area contributed by atoms with Crippen LogP contribution in [0.1, 0.15) is 41.8 Å². The maximum Gasteiger partial charge on any atom is 0.341 e. The molecule has 7 nitrogen and oxygen atoms in total. The van der Waals surface area contributed by atoms with Gasteiger partial charge < -0.3 is 19.7 Å². The van der Waals surface area contributed by atoms with Crippen LogP contribution in [0.15, 0.2) is 36.4 Å². The molecule has 0 radical (unpaired) electrons. The summed E-state index contributed by atoms with van der Waals surface area (Å²) in [4.78, 5) is 39.5. The summed E-state index contributed by atoms with van der Waals surface area (Å²) >= 11 is 1.25. The molecule has 3 aromatic rings. The Hall–Kier alpha value is -3.39. The maximum absolute atomic E-state index is 13.0. The Morgan fingerprint density at radius 3 is 2.67 bits per heavy atom. The molecule has 0 saturated carbocycles. The fourth-order valence-electron chi connectivity index (χ4n) is 3.93. The van der Waals surface area contributed by atoms with E-state index in [1.165, 1.54) is 11.3 Å². The Bertz CT molecular complexity index is 1230. The zero-order valence-electron chi connectivity index (χ0n) is 18.9. The number of fused-ring (bicyclic) bond motifs is 2. The summed E-state index contributed by atoms with van der Waals surface area (Å²) in [6.07, 6.45) is 1.11. The van der Waals surface area contributed by atoms with Gasteiger partial charge in [0, 0.05) is 24.0 Å². The quantitative estimate of drug-likeness (QED) is 0.510. The van der Waals surface area contributed by atoms with E-state index in [0.29, 0.717) is 32.9 Å². The van der Waals surface area contributed by atoms with E-state index in [0.717, 1.165) is 23.2 Å². The fourth-order valence-corrected chi connectivity index (χ4v) is 5.19. The molecule has 8 heteroatoms. The molecule has 1 N–H and O–H groups in total. The lowest BCUT2D eigenvalue weighted by Gasteiger charge is -2.18. The number of carbonyl (C=O) groups is 3. The normalized spacial score (nSPS) is 12.5. The first-order valence-corrected chi connectivity index (χ1v) is 11.8. The average Bonchev–Trinajstić information content (AvgIpc) is 3.39. The van der Waals surface area contributed by atoms with Crippen LogP contribution in [0.2, 0.25) is 0 Å². The van der Waals surface area contributed by atoms with E-state index in [1.807, 2.05) is 43.3 Å². The van der Waals surface area contributed by atoms with Crippen molar-refractivity contribution < 1.29 is 23.9 Å². The molecule has 0 atom stereocenters. The Labute approximate surface area is 196 Å². The van der Waals surface area contributed by atoms with Gasteiger partial charge in [-0.25, -0.2) is 4.79 Å². The molecular formula is C25H26N2O5S. The molecule has 4 rings (SSSR count). The van der Waals surface area contributed by atoms with Crippen LogP contribution >= 0.6 is 11.3 Å². The van der Waals surface area contributed by atoms with Gasteiger partial charge >= 0.3 is 5.97 Å². The number of ether oxygens (including phenoxy) is 2. The van der Waals surface area contributed by atoms with Gasteiger partial charge in [-0.05, 0) is 37.5 Å². The molecule has 1 aromatic heterocycles. The van der Waals surface area contributed by atoms with Crippen LogP contribution in [0.25, 0.3) is 10.1 Å². The monoisotopic (exact) mass is 466 g/mol. The fraction of sp³-hybridized carbons (Fsp3) is 0.320. The third-order valence-electron chi connectivity index (χ3n) is 5.59.